The Morgan fingerprint density at radius 2 is 1.55 bits per heavy atom. The first kappa shape index (κ1) is 11.3. The summed E-state index contributed by atoms with van der Waals surface area (Å²) in [4.78, 5) is 2.28. The van der Waals surface area contributed by atoms with Gasteiger partial charge in [-0.1, -0.05) is 0 Å². The third kappa shape index (κ3) is 6.69. The summed E-state index contributed by atoms with van der Waals surface area (Å²) in [5, 5.41) is 2.99. The number of hydrogen-bond donors (Lipinski definition) is 0. The van der Waals surface area contributed by atoms with E-state index in [9.17, 15) is 0 Å². The molecule has 0 aliphatic heterocycles. The van der Waals surface area contributed by atoms with Gasteiger partial charge in [-0.05, 0) is 0 Å². The van der Waals surface area contributed by atoms with Gasteiger partial charge in [-0.15, -0.1) is 0 Å². The predicted octanol–water partition coefficient (Wildman–Crippen LogP) is 3.81. The maximum absolute atomic E-state index is 3.93. The van der Waals surface area contributed by atoms with Crippen LogP contribution >= 0.6 is 0 Å². The van der Waals surface area contributed by atoms with Crippen molar-refractivity contribution < 1.29 is 0 Å². The van der Waals surface area contributed by atoms with E-state index in [0.29, 0.717) is 0 Å². The van der Waals surface area contributed by atoms with Gasteiger partial charge in [0, 0.05) is 0 Å². The molecule has 0 spiro atoms. The average molecular weight is 216 g/mol. The summed E-state index contributed by atoms with van der Waals surface area (Å²) in [7, 11) is 0. The Hall–Kier alpha value is 0.298. The Morgan fingerprint density at radius 1 is 1.09 bits per heavy atom. The normalized spacial score (nSPS) is 10.5. The molecule has 0 nitrogen and oxygen atoms in total. The first-order chi connectivity index (χ1) is 5.35. The molecular weight excluding hydrogens is 195 g/mol. The second kappa shape index (κ2) is 8.40. The van der Waals surface area contributed by atoms with Crippen molar-refractivity contribution >= 4 is 14.7 Å². The Morgan fingerprint density at radius 3 is 1.82 bits per heavy atom. The summed E-state index contributed by atoms with van der Waals surface area (Å²) in [5.74, 6) is 0. The van der Waals surface area contributed by atoms with E-state index in [1.807, 2.05) is 0 Å². The summed E-state index contributed by atoms with van der Waals surface area (Å²) < 4.78 is 0. The molecule has 0 aliphatic carbocycles. The zero-order chi connectivity index (χ0) is 8.53. The van der Waals surface area contributed by atoms with Crippen molar-refractivity contribution in [2.24, 2.45) is 0 Å². The summed E-state index contributed by atoms with van der Waals surface area (Å²) in [6.07, 6.45) is 5.56. The Bertz CT molecular complexity index is 80.9. The van der Waals surface area contributed by atoms with Gasteiger partial charge in [0.05, 0.1) is 0 Å². The van der Waals surface area contributed by atoms with Crippen molar-refractivity contribution in [2.45, 2.75) is 49.9 Å². The topological polar surface area (TPSA) is 0 Å². The van der Waals surface area contributed by atoms with Gasteiger partial charge in [0.25, 0.3) is 0 Å². The summed E-state index contributed by atoms with van der Waals surface area (Å²) in [6, 6.07) is 0. The molecule has 0 aromatic carbocycles. The molecule has 0 heterocycles. The zero-order valence-corrected chi connectivity index (χ0v) is 9.85. The summed E-state index contributed by atoms with van der Waals surface area (Å²) in [6.45, 7) is 8.48. The van der Waals surface area contributed by atoms with E-state index in [4.69, 9.17) is 0 Å². The molecule has 0 bridgehead atoms. The summed E-state index contributed by atoms with van der Waals surface area (Å²) >= 11 is -0.548. The average Bonchev–Trinajstić information content (AvgIpc) is 2.05. The standard InChI is InChI=1S/C10H21As/c1-4-7-9-11(6-3)10-8-5-2/h6H,3-5,7-10H2,1-2H3. The molecule has 0 atom stereocenters. The third-order valence-corrected chi connectivity index (χ3v) is 6.68. The maximum atomic E-state index is 3.93. The van der Waals surface area contributed by atoms with Crippen molar-refractivity contribution in [1.82, 2.24) is 0 Å². The Labute approximate surface area is 76.3 Å². The number of hydrogen-bond acceptors (Lipinski definition) is 0. The second-order valence-corrected chi connectivity index (χ2v) is 8.04. The molecule has 0 unspecified atom stereocenters. The van der Waals surface area contributed by atoms with E-state index in [1.54, 1.807) is 0 Å². The molecule has 0 rings (SSSR count). The molecule has 66 valence electrons. The quantitative estimate of drug-likeness (QED) is 0.568. The van der Waals surface area contributed by atoms with Gasteiger partial charge in [-0.25, -0.2) is 0 Å². The molecule has 0 N–H and O–H groups in total. The molecule has 0 aliphatic rings. The van der Waals surface area contributed by atoms with Crippen LogP contribution in [0.2, 0.25) is 10.4 Å². The molecule has 0 saturated carbocycles. The van der Waals surface area contributed by atoms with Crippen LogP contribution in [0, 0.1) is 0 Å². The molecule has 0 fully saturated rings. The van der Waals surface area contributed by atoms with Crippen molar-refractivity contribution in [2.75, 3.05) is 0 Å². The van der Waals surface area contributed by atoms with Crippen LogP contribution in [0.1, 0.15) is 39.5 Å². The first-order valence-electron chi connectivity index (χ1n) is 4.71. The van der Waals surface area contributed by atoms with Crippen molar-refractivity contribution in [3.05, 3.63) is 11.4 Å². The summed E-state index contributed by atoms with van der Waals surface area (Å²) in [5.41, 5.74) is 0. The van der Waals surface area contributed by atoms with Crippen LogP contribution in [0.4, 0.5) is 0 Å². The van der Waals surface area contributed by atoms with E-state index < -0.39 is 14.7 Å². The van der Waals surface area contributed by atoms with Crippen LogP contribution in [0.25, 0.3) is 0 Å². The van der Waals surface area contributed by atoms with E-state index in [2.05, 4.69) is 25.3 Å². The van der Waals surface area contributed by atoms with Crippen LogP contribution in [0.3, 0.4) is 0 Å². The molecule has 11 heavy (non-hydrogen) atoms. The zero-order valence-electron chi connectivity index (χ0n) is 7.97. The van der Waals surface area contributed by atoms with Crippen LogP contribution < -0.4 is 0 Å². The fraction of sp³-hybridized carbons (Fsp3) is 0.800. The molecule has 0 radical (unpaired) electrons. The fourth-order valence-electron chi connectivity index (χ4n) is 1.02. The third-order valence-electron chi connectivity index (χ3n) is 1.86. The Kier molecular flexibility index (Phi) is 8.62. The van der Waals surface area contributed by atoms with Crippen LogP contribution in [0.5, 0.6) is 0 Å². The molecule has 0 aromatic heterocycles. The van der Waals surface area contributed by atoms with Gasteiger partial charge in [0.2, 0.25) is 0 Å². The van der Waals surface area contributed by atoms with Gasteiger partial charge in [0.1, 0.15) is 0 Å². The SMILES string of the molecule is C=C[As](CCCC)CCCC. The van der Waals surface area contributed by atoms with Gasteiger partial charge >= 0.3 is 76.0 Å². The minimum atomic E-state index is -0.548. The predicted molar refractivity (Wildman–Crippen MR) is 55.4 cm³/mol. The molecule has 0 aromatic rings. The fourth-order valence-corrected chi connectivity index (χ4v) is 5.28. The molecule has 0 saturated heterocycles. The van der Waals surface area contributed by atoms with Crippen LogP contribution in [0.15, 0.2) is 11.4 Å². The van der Waals surface area contributed by atoms with Crippen molar-refractivity contribution in [3.63, 3.8) is 0 Å². The first-order valence-corrected chi connectivity index (χ1v) is 8.45. The van der Waals surface area contributed by atoms with E-state index in [-0.39, 0.29) is 0 Å². The van der Waals surface area contributed by atoms with Crippen molar-refractivity contribution in [3.8, 4) is 0 Å². The number of rotatable bonds is 7. The van der Waals surface area contributed by atoms with Crippen LogP contribution in [-0.2, 0) is 0 Å². The van der Waals surface area contributed by atoms with E-state index >= 15 is 0 Å². The Balaban J connectivity index is 3.33. The van der Waals surface area contributed by atoms with Gasteiger partial charge in [-0.2, -0.15) is 0 Å². The number of unbranched alkanes of at least 4 members (excludes halogenated alkanes) is 2. The molecule has 1 heteroatoms. The van der Waals surface area contributed by atoms with Gasteiger partial charge < -0.3 is 0 Å². The van der Waals surface area contributed by atoms with Crippen molar-refractivity contribution in [1.29, 1.82) is 0 Å². The van der Waals surface area contributed by atoms with E-state index in [1.165, 1.54) is 36.1 Å². The van der Waals surface area contributed by atoms with Crippen LogP contribution in [-0.4, -0.2) is 14.7 Å². The monoisotopic (exact) mass is 216 g/mol. The van der Waals surface area contributed by atoms with E-state index in [0.717, 1.165) is 0 Å². The van der Waals surface area contributed by atoms with Gasteiger partial charge in [-0.3, -0.25) is 0 Å². The second-order valence-electron chi connectivity index (χ2n) is 2.93. The van der Waals surface area contributed by atoms with Gasteiger partial charge in [0.15, 0.2) is 0 Å². The molecular formula is C10H21As. The molecule has 0 amide bonds. The minimum absolute atomic E-state index is 0.548.